The fourth-order valence-electron chi connectivity index (χ4n) is 0.592. The number of hydrogen-bond acceptors (Lipinski definition) is 2. The molecule has 0 atom stereocenters. The molecule has 1 nitrogen and oxygen atoms in total. The molecule has 60 valence electrons. The zero-order chi connectivity index (χ0) is 8.43. The Labute approximate surface area is 93.6 Å². The lowest BCUT2D eigenvalue weighted by molar-refractivity contribution is 0.102. The van der Waals surface area contributed by atoms with Gasteiger partial charge in [0.1, 0.15) is 0 Å². The predicted molar refractivity (Wildman–Crippen MR) is 57.8 cm³/mol. The molecule has 5 heteroatoms. The number of halogens is 3. The van der Waals surface area contributed by atoms with Gasteiger partial charge >= 0.3 is 0 Å². The van der Waals surface area contributed by atoms with Crippen LogP contribution in [-0.2, 0) is 0 Å². The standard InChI is InChI=1S/C6H3Br3OS/c7-2-4(10)6-3(8)1-5(9)11-6/h1H,2H2. The molecule has 0 saturated carbocycles. The number of rotatable bonds is 2. The van der Waals surface area contributed by atoms with E-state index >= 15 is 0 Å². The quantitative estimate of drug-likeness (QED) is 0.577. The van der Waals surface area contributed by atoms with Gasteiger partial charge in [-0.25, -0.2) is 0 Å². The summed E-state index contributed by atoms with van der Waals surface area (Å²) in [5, 5.41) is 0.374. The molecule has 0 bridgehead atoms. The van der Waals surface area contributed by atoms with Crippen molar-refractivity contribution in [2.75, 3.05) is 5.33 Å². The minimum absolute atomic E-state index is 0.104. The van der Waals surface area contributed by atoms with Gasteiger partial charge in [0, 0.05) is 4.47 Å². The van der Waals surface area contributed by atoms with Crippen LogP contribution >= 0.6 is 59.1 Å². The molecule has 0 amide bonds. The van der Waals surface area contributed by atoms with Gasteiger partial charge in [0.15, 0.2) is 5.78 Å². The van der Waals surface area contributed by atoms with E-state index in [1.54, 1.807) is 0 Å². The highest BCUT2D eigenvalue weighted by molar-refractivity contribution is 9.11. The molecule has 1 heterocycles. The molecule has 1 aromatic rings. The molecule has 11 heavy (non-hydrogen) atoms. The third kappa shape index (κ3) is 2.37. The second-order valence-corrected chi connectivity index (χ2v) is 5.63. The summed E-state index contributed by atoms with van der Waals surface area (Å²) in [6.45, 7) is 0. The lowest BCUT2D eigenvalue weighted by Crippen LogP contribution is -1.96. The first kappa shape index (κ1) is 9.89. The topological polar surface area (TPSA) is 17.1 Å². The molecule has 0 aliphatic heterocycles. The number of carbonyl (C=O) groups excluding carboxylic acids is 1. The average molecular weight is 363 g/mol. The zero-order valence-corrected chi connectivity index (χ0v) is 10.8. The minimum atomic E-state index is 0.104. The Hall–Kier alpha value is 0.810. The van der Waals surface area contributed by atoms with E-state index < -0.39 is 0 Å². The van der Waals surface area contributed by atoms with Crippen molar-refractivity contribution in [1.29, 1.82) is 0 Å². The summed E-state index contributed by atoms with van der Waals surface area (Å²) in [6, 6.07) is 1.88. The number of carbonyl (C=O) groups is 1. The number of hydrogen-bond donors (Lipinski definition) is 0. The highest BCUT2D eigenvalue weighted by Crippen LogP contribution is 2.31. The smallest absolute Gasteiger partial charge is 0.184 e. The summed E-state index contributed by atoms with van der Waals surface area (Å²) >= 11 is 11.2. The van der Waals surface area contributed by atoms with E-state index in [9.17, 15) is 4.79 Å². The fourth-order valence-corrected chi connectivity index (χ4v) is 3.64. The van der Waals surface area contributed by atoms with Gasteiger partial charge in [-0.15, -0.1) is 11.3 Å². The van der Waals surface area contributed by atoms with E-state index in [2.05, 4.69) is 47.8 Å². The molecular formula is C6H3Br3OS. The first-order valence-electron chi connectivity index (χ1n) is 2.69. The number of ketones is 1. The lowest BCUT2D eigenvalue weighted by Gasteiger charge is -1.89. The van der Waals surface area contributed by atoms with E-state index in [0.29, 0.717) is 5.33 Å². The van der Waals surface area contributed by atoms with Crippen LogP contribution in [0, 0.1) is 0 Å². The van der Waals surface area contributed by atoms with Crippen LogP contribution in [0.1, 0.15) is 9.67 Å². The van der Waals surface area contributed by atoms with Crippen molar-refractivity contribution in [2.24, 2.45) is 0 Å². The molecule has 0 N–H and O–H groups in total. The molecule has 1 aromatic heterocycles. The highest BCUT2D eigenvalue weighted by atomic mass is 79.9. The first-order valence-corrected chi connectivity index (χ1v) is 6.21. The summed E-state index contributed by atoms with van der Waals surface area (Å²) in [4.78, 5) is 11.9. The molecule has 0 aliphatic carbocycles. The lowest BCUT2D eigenvalue weighted by atomic mass is 10.4. The minimum Gasteiger partial charge on any atom is -0.292 e. The van der Waals surface area contributed by atoms with E-state index in [1.807, 2.05) is 6.07 Å². The fraction of sp³-hybridized carbons (Fsp3) is 0.167. The van der Waals surface area contributed by atoms with E-state index in [1.165, 1.54) is 11.3 Å². The number of alkyl halides is 1. The van der Waals surface area contributed by atoms with Crippen LogP contribution in [0.2, 0.25) is 0 Å². The first-order chi connectivity index (χ1) is 5.15. The average Bonchev–Trinajstić information content (AvgIpc) is 2.28. The van der Waals surface area contributed by atoms with Gasteiger partial charge in [-0.05, 0) is 37.9 Å². The Kier molecular flexibility index (Phi) is 3.74. The van der Waals surface area contributed by atoms with Gasteiger partial charge in [0.2, 0.25) is 0 Å². The maximum atomic E-state index is 11.2. The Morgan fingerprint density at radius 1 is 1.55 bits per heavy atom. The molecule has 0 radical (unpaired) electrons. The molecule has 0 unspecified atom stereocenters. The second kappa shape index (κ2) is 4.16. The van der Waals surface area contributed by atoms with E-state index in [0.717, 1.165) is 13.1 Å². The van der Waals surface area contributed by atoms with Crippen molar-refractivity contribution in [3.63, 3.8) is 0 Å². The summed E-state index contributed by atoms with van der Waals surface area (Å²) in [7, 11) is 0. The summed E-state index contributed by atoms with van der Waals surface area (Å²) < 4.78 is 1.83. The molecular weight excluding hydrogens is 360 g/mol. The third-order valence-electron chi connectivity index (χ3n) is 1.03. The molecule has 0 fully saturated rings. The van der Waals surface area contributed by atoms with E-state index in [4.69, 9.17) is 0 Å². The summed E-state index contributed by atoms with van der Waals surface area (Å²) in [6.07, 6.45) is 0. The SMILES string of the molecule is O=C(CBr)c1sc(Br)cc1Br. The van der Waals surface area contributed by atoms with Crippen LogP contribution in [0.5, 0.6) is 0 Å². The maximum absolute atomic E-state index is 11.2. The normalized spacial score (nSPS) is 10.1. The summed E-state index contributed by atoms with van der Waals surface area (Å²) in [5.41, 5.74) is 0. The van der Waals surface area contributed by atoms with Crippen LogP contribution in [0.15, 0.2) is 14.3 Å². The van der Waals surface area contributed by atoms with Crippen molar-refractivity contribution >= 4 is 64.9 Å². The van der Waals surface area contributed by atoms with Gasteiger partial charge in [-0.2, -0.15) is 0 Å². The van der Waals surface area contributed by atoms with Crippen LogP contribution in [-0.4, -0.2) is 11.1 Å². The van der Waals surface area contributed by atoms with Crippen LogP contribution in [0.4, 0.5) is 0 Å². The van der Waals surface area contributed by atoms with Crippen LogP contribution in [0.25, 0.3) is 0 Å². The second-order valence-electron chi connectivity index (χ2n) is 1.78. The number of thiophene rings is 1. The van der Waals surface area contributed by atoms with Crippen molar-refractivity contribution < 1.29 is 4.79 Å². The Morgan fingerprint density at radius 3 is 2.55 bits per heavy atom. The van der Waals surface area contributed by atoms with Crippen LogP contribution in [0.3, 0.4) is 0 Å². The number of Topliss-reactive ketones (excluding diaryl/α,β-unsaturated/α-hetero) is 1. The monoisotopic (exact) mass is 360 g/mol. The largest absolute Gasteiger partial charge is 0.292 e. The summed E-state index contributed by atoms with van der Waals surface area (Å²) in [5.74, 6) is 0.104. The maximum Gasteiger partial charge on any atom is 0.184 e. The predicted octanol–water partition coefficient (Wildman–Crippen LogP) is 3.85. The Morgan fingerprint density at radius 2 is 2.18 bits per heavy atom. The van der Waals surface area contributed by atoms with Crippen molar-refractivity contribution in [3.8, 4) is 0 Å². The van der Waals surface area contributed by atoms with E-state index in [-0.39, 0.29) is 5.78 Å². The Balaban J connectivity index is 3.03. The zero-order valence-electron chi connectivity index (χ0n) is 5.23. The Bertz CT molecular complexity index is 281. The molecule has 0 saturated heterocycles. The van der Waals surface area contributed by atoms with Crippen molar-refractivity contribution in [2.45, 2.75) is 0 Å². The molecule has 0 aromatic carbocycles. The third-order valence-corrected chi connectivity index (χ3v) is 4.11. The van der Waals surface area contributed by atoms with Gasteiger partial charge in [0.05, 0.1) is 14.0 Å². The highest BCUT2D eigenvalue weighted by Gasteiger charge is 2.11. The molecule has 0 spiro atoms. The van der Waals surface area contributed by atoms with Gasteiger partial charge in [0.25, 0.3) is 0 Å². The van der Waals surface area contributed by atoms with Crippen molar-refractivity contribution in [3.05, 3.63) is 19.2 Å². The molecule has 0 aliphatic rings. The van der Waals surface area contributed by atoms with Gasteiger partial charge in [-0.1, -0.05) is 15.9 Å². The van der Waals surface area contributed by atoms with Crippen LogP contribution < -0.4 is 0 Å². The van der Waals surface area contributed by atoms with Gasteiger partial charge in [-0.3, -0.25) is 4.79 Å². The molecule has 1 rings (SSSR count). The van der Waals surface area contributed by atoms with Gasteiger partial charge < -0.3 is 0 Å². The van der Waals surface area contributed by atoms with Crippen molar-refractivity contribution in [1.82, 2.24) is 0 Å².